The van der Waals surface area contributed by atoms with Crippen molar-refractivity contribution in [3.05, 3.63) is 36.7 Å². The van der Waals surface area contributed by atoms with E-state index in [1.807, 2.05) is 30.3 Å². The van der Waals surface area contributed by atoms with E-state index in [2.05, 4.69) is 47.7 Å². The smallest absolute Gasteiger partial charge is 0.325 e. The van der Waals surface area contributed by atoms with Crippen molar-refractivity contribution in [2.45, 2.75) is 13.3 Å². The van der Waals surface area contributed by atoms with E-state index >= 15 is 0 Å². The van der Waals surface area contributed by atoms with Crippen LogP contribution in [0.4, 0.5) is 21.4 Å². The number of urea groups is 1. The maximum absolute atomic E-state index is 12.1. The summed E-state index contributed by atoms with van der Waals surface area (Å²) in [5, 5.41) is 9.67. The summed E-state index contributed by atoms with van der Waals surface area (Å²) in [6.45, 7) is 7.71. The Hall–Kier alpha value is -4.27. The third-order valence-corrected chi connectivity index (χ3v) is 7.90. The number of nitrogens with one attached hydrogen (secondary N) is 3. The second-order valence-corrected chi connectivity index (χ2v) is 11.1. The number of fused-ring (bicyclic) bond motifs is 2. The summed E-state index contributed by atoms with van der Waals surface area (Å²) >= 11 is 1.31. The molecule has 0 saturated carbocycles. The Bertz CT molecular complexity index is 1570. The molecule has 13 nitrogen and oxygen atoms in total. The van der Waals surface area contributed by atoms with Gasteiger partial charge < -0.3 is 34.6 Å². The van der Waals surface area contributed by atoms with Gasteiger partial charge in [0.2, 0.25) is 0 Å². The average Bonchev–Trinajstić information content (AvgIpc) is 3.40. The number of ether oxygens (including phenoxy) is 3. The van der Waals surface area contributed by atoms with Gasteiger partial charge in [0.1, 0.15) is 18.7 Å². The van der Waals surface area contributed by atoms with E-state index in [0.717, 1.165) is 66.0 Å². The summed E-state index contributed by atoms with van der Waals surface area (Å²) < 4.78 is 17.4. The Kier molecular flexibility index (Phi) is 10.0. The number of carbonyl (C=O) groups excluding carboxylic acids is 2. The van der Waals surface area contributed by atoms with Gasteiger partial charge in [0, 0.05) is 49.9 Å². The van der Waals surface area contributed by atoms with Crippen LogP contribution in [0.2, 0.25) is 0 Å². The normalized spacial score (nSPS) is 14.0. The van der Waals surface area contributed by atoms with Crippen LogP contribution in [0.5, 0.6) is 11.5 Å². The van der Waals surface area contributed by atoms with Crippen molar-refractivity contribution < 1.29 is 23.8 Å². The molecule has 3 N–H and O–H groups in total. The average molecular weight is 609 g/mol. The number of amides is 2. The van der Waals surface area contributed by atoms with E-state index in [1.165, 1.54) is 17.7 Å². The van der Waals surface area contributed by atoms with E-state index in [9.17, 15) is 9.59 Å². The number of hydrogen-bond acceptors (Lipinski definition) is 12. The summed E-state index contributed by atoms with van der Waals surface area (Å²) in [4.78, 5) is 41.8. The van der Waals surface area contributed by atoms with Crippen molar-refractivity contribution in [2.75, 3.05) is 77.3 Å². The van der Waals surface area contributed by atoms with Crippen molar-refractivity contribution in [3.8, 4) is 11.5 Å². The van der Waals surface area contributed by atoms with Crippen LogP contribution in [-0.4, -0.2) is 103 Å². The van der Waals surface area contributed by atoms with Crippen molar-refractivity contribution in [1.82, 2.24) is 30.1 Å². The molecule has 0 aliphatic carbocycles. The molecule has 2 aromatic heterocycles. The van der Waals surface area contributed by atoms with Crippen molar-refractivity contribution in [2.24, 2.45) is 0 Å². The Morgan fingerprint density at radius 3 is 2.67 bits per heavy atom. The number of carbonyl (C=O) groups is 2. The Labute approximate surface area is 253 Å². The van der Waals surface area contributed by atoms with Gasteiger partial charge in [0.05, 0.1) is 36.1 Å². The third kappa shape index (κ3) is 7.97. The number of rotatable bonds is 12. The zero-order valence-electron chi connectivity index (χ0n) is 24.5. The van der Waals surface area contributed by atoms with Crippen LogP contribution in [0.1, 0.15) is 13.3 Å². The molecule has 0 spiro atoms. The van der Waals surface area contributed by atoms with E-state index in [-0.39, 0.29) is 13.2 Å². The molecule has 4 aromatic rings. The second kappa shape index (κ2) is 14.3. The van der Waals surface area contributed by atoms with E-state index < -0.39 is 12.0 Å². The fraction of sp³-hybridized carbons (Fsp3) is 0.414. The molecule has 0 radical (unpaired) electrons. The molecule has 1 saturated heterocycles. The Morgan fingerprint density at radius 1 is 1.05 bits per heavy atom. The van der Waals surface area contributed by atoms with Crippen LogP contribution in [0.25, 0.3) is 21.1 Å². The Morgan fingerprint density at radius 2 is 1.88 bits per heavy atom. The minimum Gasteiger partial charge on any atom is -0.493 e. The highest BCUT2D eigenvalue weighted by Gasteiger charge is 2.15. The number of likely N-dealkylation sites (N-methyl/N-ethyl adjacent to an activating group) is 1. The van der Waals surface area contributed by atoms with Crippen LogP contribution < -0.4 is 25.4 Å². The number of thiazole rings is 1. The van der Waals surface area contributed by atoms with Gasteiger partial charge >= 0.3 is 12.0 Å². The first kappa shape index (κ1) is 30.2. The highest BCUT2D eigenvalue weighted by atomic mass is 32.1. The van der Waals surface area contributed by atoms with Gasteiger partial charge in [0.15, 0.2) is 16.6 Å². The fourth-order valence-electron chi connectivity index (χ4n) is 4.68. The summed E-state index contributed by atoms with van der Waals surface area (Å²) in [6, 6.07) is 8.90. The maximum atomic E-state index is 12.1. The predicted molar refractivity (Wildman–Crippen MR) is 167 cm³/mol. The summed E-state index contributed by atoms with van der Waals surface area (Å²) in [6.07, 6.45) is 2.44. The molecule has 2 amide bonds. The molecule has 228 valence electrons. The molecule has 0 unspecified atom stereocenters. The lowest BCUT2D eigenvalue weighted by molar-refractivity contribution is -0.141. The SMILES string of the molecule is CCOC(=O)CNC(=O)Nc1nc2ccc(Nc3ncnc4cc(OCCCN5CCN(C)CC5)c(OC)cc34)cc2s1. The first-order valence-electron chi connectivity index (χ1n) is 14.2. The van der Waals surface area contributed by atoms with Gasteiger partial charge in [0.25, 0.3) is 0 Å². The fourth-order valence-corrected chi connectivity index (χ4v) is 5.58. The van der Waals surface area contributed by atoms with Gasteiger partial charge in [-0.3, -0.25) is 10.1 Å². The molecule has 2 aromatic carbocycles. The van der Waals surface area contributed by atoms with E-state index in [1.54, 1.807) is 14.0 Å². The first-order chi connectivity index (χ1) is 20.9. The number of hydrogen-bond donors (Lipinski definition) is 3. The van der Waals surface area contributed by atoms with Crippen LogP contribution in [0.3, 0.4) is 0 Å². The van der Waals surface area contributed by atoms with Gasteiger partial charge in [-0.2, -0.15) is 0 Å². The quantitative estimate of drug-likeness (QED) is 0.160. The van der Waals surface area contributed by atoms with Gasteiger partial charge in [-0.1, -0.05) is 11.3 Å². The molecule has 1 aliphatic rings. The monoisotopic (exact) mass is 608 g/mol. The minimum atomic E-state index is -0.537. The van der Waals surface area contributed by atoms with Crippen molar-refractivity contribution in [3.63, 3.8) is 0 Å². The molecule has 5 rings (SSSR count). The summed E-state index contributed by atoms with van der Waals surface area (Å²) in [7, 11) is 3.78. The van der Waals surface area contributed by atoms with Crippen LogP contribution in [0.15, 0.2) is 36.7 Å². The number of anilines is 3. The number of nitrogens with zero attached hydrogens (tertiary/aromatic N) is 5. The minimum absolute atomic E-state index is 0.221. The topological polar surface area (TPSA) is 143 Å². The maximum Gasteiger partial charge on any atom is 0.325 e. The standard InChI is InChI=1S/C29H36N8O5S/c1-4-41-26(38)17-30-28(39)35-29-34-21-7-6-19(14-25(21)43-29)33-27-20-15-23(40-3)24(16-22(20)31-18-32-27)42-13-5-8-37-11-9-36(2)10-12-37/h6-7,14-16,18H,4-5,8-13,17H2,1-3H3,(H,31,32,33)(H2,30,34,35,39). The van der Waals surface area contributed by atoms with Crippen LogP contribution in [0, 0.1) is 0 Å². The molecule has 0 bridgehead atoms. The lowest BCUT2D eigenvalue weighted by Gasteiger charge is -2.32. The molecule has 43 heavy (non-hydrogen) atoms. The van der Waals surface area contributed by atoms with Gasteiger partial charge in [-0.15, -0.1) is 0 Å². The second-order valence-electron chi connectivity index (χ2n) is 10.0. The zero-order valence-corrected chi connectivity index (χ0v) is 25.3. The van der Waals surface area contributed by atoms with Crippen LogP contribution in [-0.2, 0) is 9.53 Å². The number of methoxy groups -OCH3 is 1. The molecular weight excluding hydrogens is 572 g/mol. The van der Waals surface area contributed by atoms with Crippen molar-refractivity contribution >= 4 is 61.1 Å². The van der Waals surface area contributed by atoms with E-state index in [4.69, 9.17) is 14.2 Å². The summed E-state index contributed by atoms with van der Waals surface area (Å²) in [5.41, 5.74) is 2.24. The van der Waals surface area contributed by atoms with Crippen LogP contribution >= 0.6 is 11.3 Å². The Balaban J connectivity index is 1.23. The lowest BCUT2D eigenvalue weighted by atomic mass is 10.2. The largest absolute Gasteiger partial charge is 0.493 e. The summed E-state index contributed by atoms with van der Waals surface area (Å²) in [5.74, 6) is 1.37. The lowest BCUT2D eigenvalue weighted by Crippen LogP contribution is -2.44. The molecule has 14 heteroatoms. The number of esters is 1. The molecular formula is C29H36N8O5S. The predicted octanol–water partition coefficient (Wildman–Crippen LogP) is 3.69. The molecule has 3 heterocycles. The molecule has 1 fully saturated rings. The highest BCUT2D eigenvalue weighted by molar-refractivity contribution is 7.22. The van der Waals surface area contributed by atoms with E-state index in [0.29, 0.717) is 29.1 Å². The van der Waals surface area contributed by atoms with Gasteiger partial charge in [-0.25, -0.2) is 19.7 Å². The molecule has 1 aliphatic heterocycles. The number of piperazine rings is 1. The van der Waals surface area contributed by atoms with Crippen molar-refractivity contribution in [1.29, 1.82) is 0 Å². The van der Waals surface area contributed by atoms with Gasteiger partial charge in [-0.05, 0) is 44.7 Å². The third-order valence-electron chi connectivity index (χ3n) is 6.96. The highest BCUT2D eigenvalue weighted by Crippen LogP contribution is 2.35. The first-order valence-corrected chi connectivity index (χ1v) is 15.0. The number of benzene rings is 2. The molecule has 0 atom stereocenters. The number of aromatic nitrogens is 3. The zero-order chi connectivity index (χ0) is 30.2.